The van der Waals surface area contributed by atoms with E-state index in [2.05, 4.69) is 42.6 Å². The van der Waals surface area contributed by atoms with Gasteiger partial charge in [0.2, 0.25) is 0 Å². The predicted molar refractivity (Wildman–Crippen MR) is 108 cm³/mol. The van der Waals surface area contributed by atoms with Gasteiger partial charge in [0.05, 0.1) is 11.9 Å². The summed E-state index contributed by atoms with van der Waals surface area (Å²) in [7, 11) is 0. The fraction of sp³-hybridized carbons (Fsp3) is 0.300. The summed E-state index contributed by atoms with van der Waals surface area (Å²) >= 11 is 0. The lowest BCUT2D eigenvalue weighted by Gasteiger charge is -2.32. The van der Waals surface area contributed by atoms with E-state index in [0.29, 0.717) is 24.0 Å². The molecule has 4 rings (SSSR count). The van der Waals surface area contributed by atoms with Crippen LogP contribution in [0.4, 0.5) is 11.5 Å². The molecule has 3 aromatic rings. The number of piperazine rings is 1. The van der Waals surface area contributed by atoms with Gasteiger partial charge in [0, 0.05) is 50.7 Å². The third-order valence-electron chi connectivity index (χ3n) is 4.70. The Kier molecular flexibility index (Phi) is 5.29. The number of nitrogens with zero attached hydrogens (tertiary/aromatic N) is 5. The molecule has 0 spiro atoms. The van der Waals surface area contributed by atoms with Gasteiger partial charge in [-0.05, 0) is 36.8 Å². The Morgan fingerprint density at radius 2 is 2.07 bits per heavy atom. The van der Waals surface area contributed by atoms with E-state index in [-0.39, 0.29) is 5.75 Å². The van der Waals surface area contributed by atoms with E-state index in [9.17, 15) is 5.11 Å². The minimum absolute atomic E-state index is 0.0672. The number of anilines is 2. The Balaban J connectivity index is 1.45. The Bertz CT molecular complexity index is 918. The monoisotopic (exact) mass is 377 g/mol. The first kappa shape index (κ1) is 18.1. The van der Waals surface area contributed by atoms with Crippen molar-refractivity contribution in [3.63, 3.8) is 0 Å². The zero-order valence-corrected chi connectivity index (χ0v) is 15.7. The molecule has 0 aliphatic carbocycles. The van der Waals surface area contributed by atoms with Gasteiger partial charge in [0.15, 0.2) is 5.82 Å². The van der Waals surface area contributed by atoms with Crippen molar-refractivity contribution < 1.29 is 5.11 Å². The second kappa shape index (κ2) is 8.18. The summed E-state index contributed by atoms with van der Waals surface area (Å²) in [6.45, 7) is 5.51. The Morgan fingerprint density at radius 3 is 2.79 bits per heavy atom. The van der Waals surface area contributed by atoms with Crippen LogP contribution in [0.15, 0.2) is 48.9 Å². The highest BCUT2D eigenvalue weighted by Crippen LogP contribution is 2.28. The molecule has 1 atom stereocenters. The summed E-state index contributed by atoms with van der Waals surface area (Å²) in [5.74, 6) is 0.907. The standard InChI is InChI=1S/C20H23N7O/c1-14-13-27(9-8-22-14)19-3-2-17(25-26-19)20-18(28)10-16(12-24-20)23-11-15-4-6-21-7-5-15/h2-7,10,12,14,22-23,28H,8-9,11,13H2,1H3. The molecule has 0 amide bonds. The summed E-state index contributed by atoms with van der Waals surface area (Å²) < 4.78 is 0. The Morgan fingerprint density at radius 1 is 1.21 bits per heavy atom. The first-order valence-corrected chi connectivity index (χ1v) is 9.33. The zero-order chi connectivity index (χ0) is 19.3. The molecule has 1 saturated heterocycles. The van der Waals surface area contributed by atoms with Crippen LogP contribution in [0.2, 0.25) is 0 Å². The lowest BCUT2D eigenvalue weighted by atomic mass is 10.2. The van der Waals surface area contributed by atoms with Crippen molar-refractivity contribution in [2.24, 2.45) is 0 Å². The fourth-order valence-corrected chi connectivity index (χ4v) is 3.21. The third-order valence-corrected chi connectivity index (χ3v) is 4.70. The first-order chi connectivity index (χ1) is 13.7. The van der Waals surface area contributed by atoms with Gasteiger partial charge >= 0.3 is 0 Å². The second-order valence-electron chi connectivity index (χ2n) is 6.88. The molecule has 0 aromatic carbocycles. The fourth-order valence-electron chi connectivity index (χ4n) is 3.21. The van der Waals surface area contributed by atoms with E-state index in [1.807, 2.05) is 24.3 Å². The summed E-state index contributed by atoms with van der Waals surface area (Å²) in [5.41, 5.74) is 2.80. The minimum Gasteiger partial charge on any atom is -0.506 e. The minimum atomic E-state index is 0.0672. The average molecular weight is 377 g/mol. The van der Waals surface area contributed by atoms with Gasteiger partial charge in [-0.1, -0.05) is 0 Å². The van der Waals surface area contributed by atoms with Gasteiger partial charge in [0.25, 0.3) is 0 Å². The van der Waals surface area contributed by atoms with Gasteiger partial charge in [-0.15, -0.1) is 10.2 Å². The topological polar surface area (TPSA) is 99.1 Å². The quantitative estimate of drug-likeness (QED) is 0.621. The van der Waals surface area contributed by atoms with Crippen molar-refractivity contribution >= 4 is 11.5 Å². The molecule has 0 bridgehead atoms. The molecule has 1 fully saturated rings. The SMILES string of the molecule is CC1CN(c2ccc(-c3ncc(NCc4ccncc4)cc3O)nn2)CCN1. The maximum Gasteiger partial charge on any atom is 0.151 e. The lowest BCUT2D eigenvalue weighted by Crippen LogP contribution is -2.49. The molecule has 8 heteroatoms. The predicted octanol–water partition coefficient (Wildman–Crippen LogP) is 2.05. The van der Waals surface area contributed by atoms with Crippen LogP contribution in [0.25, 0.3) is 11.4 Å². The number of hydrogen-bond donors (Lipinski definition) is 3. The molecule has 0 saturated carbocycles. The van der Waals surface area contributed by atoms with Crippen LogP contribution in [0.3, 0.4) is 0 Å². The summed E-state index contributed by atoms with van der Waals surface area (Å²) in [4.78, 5) is 10.6. The van der Waals surface area contributed by atoms with Crippen LogP contribution in [0.5, 0.6) is 5.75 Å². The van der Waals surface area contributed by atoms with Crippen molar-refractivity contribution in [1.29, 1.82) is 0 Å². The molecule has 1 aliphatic heterocycles. The van der Waals surface area contributed by atoms with Crippen LogP contribution in [0, 0.1) is 0 Å². The molecule has 28 heavy (non-hydrogen) atoms. The maximum absolute atomic E-state index is 10.4. The van der Waals surface area contributed by atoms with Gasteiger partial charge in [0.1, 0.15) is 17.1 Å². The molecule has 1 aliphatic rings. The van der Waals surface area contributed by atoms with Crippen LogP contribution in [-0.4, -0.2) is 50.9 Å². The molecule has 144 valence electrons. The Labute approximate surface area is 163 Å². The van der Waals surface area contributed by atoms with Gasteiger partial charge in [-0.3, -0.25) is 4.98 Å². The van der Waals surface area contributed by atoms with Crippen LogP contribution in [-0.2, 0) is 6.54 Å². The average Bonchev–Trinajstić information content (AvgIpc) is 2.73. The number of aromatic hydroxyl groups is 1. The number of aromatic nitrogens is 4. The van der Waals surface area contributed by atoms with Gasteiger partial charge in [-0.2, -0.15) is 0 Å². The van der Waals surface area contributed by atoms with Gasteiger partial charge < -0.3 is 20.6 Å². The van der Waals surface area contributed by atoms with Crippen LogP contribution >= 0.6 is 0 Å². The van der Waals surface area contributed by atoms with E-state index < -0.39 is 0 Å². The van der Waals surface area contributed by atoms with Crippen LogP contribution < -0.4 is 15.5 Å². The maximum atomic E-state index is 10.4. The van der Waals surface area contributed by atoms with E-state index in [1.54, 1.807) is 24.7 Å². The van der Waals surface area contributed by atoms with E-state index in [4.69, 9.17) is 0 Å². The van der Waals surface area contributed by atoms with Crippen molar-refractivity contribution in [3.05, 3.63) is 54.5 Å². The number of rotatable bonds is 5. The zero-order valence-electron chi connectivity index (χ0n) is 15.7. The summed E-state index contributed by atoms with van der Waals surface area (Å²) in [6.07, 6.45) is 5.18. The van der Waals surface area contributed by atoms with E-state index in [0.717, 1.165) is 36.7 Å². The highest BCUT2D eigenvalue weighted by atomic mass is 16.3. The van der Waals surface area contributed by atoms with Crippen molar-refractivity contribution in [2.45, 2.75) is 19.5 Å². The smallest absolute Gasteiger partial charge is 0.151 e. The van der Waals surface area contributed by atoms with Crippen molar-refractivity contribution in [3.8, 4) is 17.1 Å². The van der Waals surface area contributed by atoms with E-state index >= 15 is 0 Å². The highest BCUT2D eigenvalue weighted by Gasteiger charge is 2.18. The summed E-state index contributed by atoms with van der Waals surface area (Å²) in [6, 6.07) is 9.72. The number of nitrogens with one attached hydrogen (secondary N) is 2. The Hall–Kier alpha value is -3.26. The normalized spacial score (nSPS) is 16.8. The summed E-state index contributed by atoms with van der Waals surface area (Å²) in [5, 5.41) is 25.6. The number of hydrogen-bond acceptors (Lipinski definition) is 8. The molecule has 8 nitrogen and oxygen atoms in total. The largest absolute Gasteiger partial charge is 0.506 e. The van der Waals surface area contributed by atoms with E-state index in [1.165, 1.54) is 0 Å². The molecule has 1 unspecified atom stereocenters. The lowest BCUT2D eigenvalue weighted by molar-refractivity contribution is 0.475. The highest BCUT2D eigenvalue weighted by molar-refractivity contribution is 5.65. The van der Waals surface area contributed by atoms with Gasteiger partial charge in [-0.25, -0.2) is 4.98 Å². The third kappa shape index (κ3) is 4.17. The second-order valence-corrected chi connectivity index (χ2v) is 6.88. The molecular weight excluding hydrogens is 354 g/mol. The molecule has 3 N–H and O–H groups in total. The number of pyridine rings is 2. The van der Waals surface area contributed by atoms with Crippen molar-refractivity contribution in [2.75, 3.05) is 29.9 Å². The molecule has 3 aromatic heterocycles. The van der Waals surface area contributed by atoms with Crippen LogP contribution in [0.1, 0.15) is 12.5 Å². The van der Waals surface area contributed by atoms with Crippen molar-refractivity contribution in [1.82, 2.24) is 25.5 Å². The molecular formula is C20H23N7O. The molecule has 0 radical (unpaired) electrons. The first-order valence-electron chi connectivity index (χ1n) is 9.33. The molecule has 4 heterocycles.